The molecule has 0 aliphatic heterocycles. The summed E-state index contributed by atoms with van der Waals surface area (Å²) >= 11 is 0. The van der Waals surface area contributed by atoms with Crippen LogP contribution in [0.4, 0.5) is 8.78 Å². The molecule has 2 N–H and O–H groups in total. The number of hydrogen-bond donors (Lipinski definition) is 2. The summed E-state index contributed by atoms with van der Waals surface area (Å²) < 4.78 is 35.2. The predicted octanol–water partition coefficient (Wildman–Crippen LogP) is 4.54. The first-order valence-electron chi connectivity index (χ1n) is 11.4. The molecule has 2 aromatic carbocycles. The maximum absolute atomic E-state index is 14.0. The SMILES string of the molecule is Cc1cccc2c1C[C@@H](C(=O)O)[C@@H]2NC(=O)c1c(C)nc2c(OCc3c(F)cccc3F)cccn12. The zero-order chi connectivity index (χ0) is 25.6. The molecule has 184 valence electrons. The highest BCUT2D eigenvalue weighted by molar-refractivity contribution is 5.95. The highest BCUT2D eigenvalue weighted by atomic mass is 19.1. The van der Waals surface area contributed by atoms with Gasteiger partial charge in [-0.2, -0.15) is 0 Å². The molecule has 2 atom stereocenters. The molecule has 0 fully saturated rings. The summed E-state index contributed by atoms with van der Waals surface area (Å²) in [6, 6.07) is 11.7. The lowest BCUT2D eigenvalue weighted by Crippen LogP contribution is -2.35. The lowest BCUT2D eigenvalue weighted by atomic mass is 10.0. The number of halogens is 2. The number of carboxylic acid groups (broad SMARTS) is 1. The number of imidazole rings is 1. The van der Waals surface area contributed by atoms with Crippen molar-refractivity contribution in [3.63, 3.8) is 0 Å². The molecule has 1 amide bonds. The van der Waals surface area contributed by atoms with E-state index in [-0.39, 0.29) is 23.6 Å². The summed E-state index contributed by atoms with van der Waals surface area (Å²) in [5, 5.41) is 12.7. The first-order valence-corrected chi connectivity index (χ1v) is 11.4. The van der Waals surface area contributed by atoms with Crippen molar-refractivity contribution in [3.8, 4) is 5.75 Å². The van der Waals surface area contributed by atoms with Crippen molar-refractivity contribution in [2.75, 3.05) is 0 Å². The quantitative estimate of drug-likeness (QED) is 0.413. The number of fused-ring (bicyclic) bond motifs is 2. The maximum atomic E-state index is 14.0. The van der Waals surface area contributed by atoms with Gasteiger partial charge >= 0.3 is 5.97 Å². The van der Waals surface area contributed by atoms with Crippen molar-refractivity contribution >= 4 is 17.5 Å². The molecule has 4 aromatic rings. The van der Waals surface area contributed by atoms with Crippen LogP contribution in [-0.4, -0.2) is 26.4 Å². The third-order valence-electron chi connectivity index (χ3n) is 6.65. The van der Waals surface area contributed by atoms with E-state index in [0.29, 0.717) is 17.8 Å². The maximum Gasteiger partial charge on any atom is 0.309 e. The van der Waals surface area contributed by atoms with E-state index >= 15 is 0 Å². The van der Waals surface area contributed by atoms with Gasteiger partial charge in [-0.15, -0.1) is 0 Å². The van der Waals surface area contributed by atoms with Crippen LogP contribution >= 0.6 is 0 Å². The Kier molecular flexibility index (Phi) is 5.91. The van der Waals surface area contributed by atoms with E-state index in [9.17, 15) is 23.5 Å². The Hall–Kier alpha value is -4.27. The molecule has 5 rings (SSSR count). The van der Waals surface area contributed by atoms with Crippen molar-refractivity contribution in [2.24, 2.45) is 5.92 Å². The van der Waals surface area contributed by atoms with Crippen LogP contribution in [0.1, 0.15) is 44.5 Å². The highest BCUT2D eigenvalue weighted by Gasteiger charge is 2.39. The Morgan fingerprint density at radius 1 is 1.11 bits per heavy atom. The molecule has 1 aliphatic rings. The second-order valence-corrected chi connectivity index (χ2v) is 8.84. The van der Waals surface area contributed by atoms with Crippen LogP contribution in [0, 0.1) is 31.4 Å². The lowest BCUT2D eigenvalue weighted by Gasteiger charge is -2.19. The van der Waals surface area contributed by atoms with Crippen LogP contribution in [0.2, 0.25) is 0 Å². The number of benzene rings is 2. The van der Waals surface area contributed by atoms with E-state index in [1.807, 2.05) is 25.1 Å². The molecular weight excluding hydrogens is 468 g/mol. The second-order valence-electron chi connectivity index (χ2n) is 8.84. The van der Waals surface area contributed by atoms with Crippen molar-refractivity contribution in [3.05, 3.63) is 100 Å². The number of carbonyl (C=O) groups is 2. The number of aliphatic carboxylic acids is 1. The van der Waals surface area contributed by atoms with Gasteiger partial charge in [-0.25, -0.2) is 13.8 Å². The average molecular weight is 491 g/mol. The summed E-state index contributed by atoms with van der Waals surface area (Å²) in [6.07, 6.45) is 1.96. The number of hydrogen-bond acceptors (Lipinski definition) is 4. The van der Waals surface area contributed by atoms with E-state index < -0.39 is 35.5 Å². The summed E-state index contributed by atoms with van der Waals surface area (Å²) in [4.78, 5) is 29.9. The van der Waals surface area contributed by atoms with Gasteiger partial charge in [0, 0.05) is 6.20 Å². The van der Waals surface area contributed by atoms with Gasteiger partial charge in [0.25, 0.3) is 5.91 Å². The van der Waals surface area contributed by atoms with Crippen LogP contribution < -0.4 is 10.1 Å². The van der Waals surface area contributed by atoms with E-state index in [0.717, 1.165) is 28.8 Å². The molecule has 0 bridgehead atoms. The number of amides is 1. The zero-order valence-electron chi connectivity index (χ0n) is 19.6. The van der Waals surface area contributed by atoms with E-state index in [2.05, 4.69) is 10.3 Å². The minimum absolute atomic E-state index is 0.212. The third-order valence-corrected chi connectivity index (χ3v) is 6.65. The summed E-state index contributed by atoms with van der Waals surface area (Å²) in [5.74, 6) is -3.46. The Balaban J connectivity index is 1.46. The second kappa shape index (κ2) is 9.07. The first kappa shape index (κ1) is 23.5. The summed E-state index contributed by atoms with van der Waals surface area (Å²) in [6.45, 7) is 3.22. The first-order chi connectivity index (χ1) is 17.3. The largest absolute Gasteiger partial charge is 0.485 e. The number of aromatic nitrogens is 2. The number of aryl methyl sites for hydroxylation is 2. The Labute approximate surface area is 205 Å². The van der Waals surface area contributed by atoms with Gasteiger partial charge < -0.3 is 15.2 Å². The zero-order valence-corrected chi connectivity index (χ0v) is 19.6. The molecule has 9 heteroatoms. The van der Waals surface area contributed by atoms with Crippen molar-refractivity contribution < 1.29 is 28.2 Å². The van der Waals surface area contributed by atoms with Crippen LogP contribution in [-0.2, 0) is 17.8 Å². The number of ether oxygens (including phenoxy) is 1. The number of carboxylic acids is 1. The van der Waals surface area contributed by atoms with Gasteiger partial charge in [-0.05, 0) is 61.2 Å². The standard InChI is InChI=1S/C27H23F2N3O4/c1-14-6-3-7-16-17(14)12-18(27(34)35)23(16)31-26(33)24-15(2)30-25-22(10-5-11-32(24)25)36-13-19-20(28)8-4-9-21(19)29/h3-11,18,23H,12-13H2,1-2H3,(H,31,33)(H,34,35)/t18-,23-/m1/s1. The fraction of sp³-hybridized carbons (Fsp3) is 0.222. The summed E-state index contributed by atoms with van der Waals surface area (Å²) in [5.41, 5.74) is 3.41. The number of pyridine rings is 1. The monoisotopic (exact) mass is 491 g/mol. The molecule has 1 aliphatic carbocycles. The van der Waals surface area contributed by atoms with Crippen molar-refractivity contribution in [1.82, 2.24) is 14.7 Å². The van der Waals surface area contributed by atoms with Crippen LogP contribution in [0.5, 0.6) is 5.75 Å². The molecule has 0 unspecified atom stereocenters. The number of nitrogens with one attached hydrogen (secondary N) is 1. The van der Waals surface area contributed by atoms with Gasteiger partial charge in [0.1, 0.15) is 23.9 Å². The van der Waals surface area contributed by atoms with E-state index in [4.69, 9.17) is 4.74 Å². The van der Waals surface area contributed by atoms with E-state index in [1.54, 1.807) is 25.3 Å². The molecule has 2 aromatic heterocycles. The number of rotatable bonds is 6. The van der Waals surface area contributed by atoms with Gasteiger partial charge in [0.15, 0.2) is 11.4 Å². The molecular formula is C27H23F2N3O4. The fourth-order valence-corrected chi connectivity index (χ4v) is 4.83. The topological polar surface area (TPSA) is 92.9 Å². The Bertz CT molecular complexity index is 1490. The number of nitrogens with zero attached hydrogens (tertiary/aromatic N) is 2. The molecule has 0 saturated heterocycles. The fourth-order valence-electron chi connectivity index (χ4n) is 4.83. The third kappa shape index (κ3) is 3.96. The summed E-state index contributed by atoms with van der Waals surface area (Å²) in [7, 11) is 0. The van der Waals surface area contributed by atoms with Crippen molar-refractivity contribution in [1.29, 1.82) is 0 Å². The van der Waals surface area contributed by atoms with E-state index in [1.165, 1.54) is 10.5 Å². The molecule has 36 heavy (non-hydrogen) atoms. The Morgan fingerprint density at radius 3 is 2.56 bits per heavy atom. The molecule has 7 nitrogen and oxygen atoms in total. The van der Waals surface area contributed by atoms with Gasteiger partial charge in [-0.3, -0.25) is 14.0 Å². The van der Waals surface area contributed by atoms with Gasteiger partial charge in [0.2, 0.25) is 0 Å². The average Bonchev–Trinajstić information content (AvgIpc) is 3.37. The molecule has 0 radical (unpaired) electrons. The van der Waals surface area contributed by atoms with Crippen LogP contribution in [0.3, 0.4) is 0 Å². The predicted molar refractivity (Wildman–Crippen MR) is 127 cm³/mol. The van der Waals surface area contributed by atoms with Crippen LogP contribution in [0.15, 0.2) is 54.7 Å². The molecule has 2 heterocycles. The molecule has 0 saturated carbocycles. The number of carbonyl (C=O) groups excluding carboxylic acids is 1. The van der Waals surface area contributed by atoms with Gasteiger partial charge in [-0.1, -0.05) is 24.3 Å². The lowest BCUT2D eigenvalue weighted by molar-refractivity contribution is -0.142. The smallest absolute Gasteiger partial charge is 0.309 e. The molecule has 0 spiro atoms. The minimum atomic E-state index is -0.984. The minimum Gasteiger partial charge on any atom is -0.485 e. The normalized spacial score (nSPS) is 16.7. The highest BCUT2D eigenvalue weighted by Crippen LogP contribution is 2.38. The van der Waals surface area contributed by atoms with Crippen LogP contribution in [0.25, 0.3) is 5.65 Å². The Morgan fingerprint density at radius 2 is 1.83 bits per heavy atom. The van der Waals surface area contributed by atoms with Crippen molar-refractivity contribution in [2.45, 2.75) is 32.9 Å². The van der Waals surface area contributed by atoms with Gasteiger partial charge in [0.05, 0.1) is 23.2 Å².